The number of benzene rings is 2. The van der Waals surface area contributed by atoms with Gasteiger partial charge in [-0.25, -0.2) is 9.78 Å². The number of hydrogen-bond donors (Lipinski definition) is 1. The monoisotopic (exact) mass is 429 g/mol. The molecule has 1 N–H and O–H groups in total. The van der Waals surface area contributed by atoms with Gasteiger partial charge in [0.2, 0.25) is 0 Å². The van der Waals surface area contributed by atoms with Gasteiger partial charge in [0.05, 0.1) is 17.9 Å². The number of pyridine rings is 1. The summed E-state index contributed by atoms with van der Waals surface area (Å²) in [6.45, 7) is 4.37. The molecule has 0 bridgehead atoms. The van der Waals surface area contributed by atoms with Gasteiger partial charge in [0.15, 0.2) is 0 Å². The summed E-state index contributed by atoms with van der Waals surface area (Å²) in [5, 5.41) is 2.82. The maximum absolute atomic E-state index is 12.6. The van der Waals surface area contributed by atoms with Crippen LogP contribution < -0.4 is 10.1 Å². The molecule has 0 unspecified atom stereocenters. The van der Waals surface area contributed by atoms with Crippen molar-refractivity contribution in [2.75, 3.05) is 11.9 Å². The Bertz CT molecular complexity index is 1260. The summed E-state index contributed by atoms with van der Waals surface area (Å²) in [5.74, 6) is -0.0947. The van der Waals surface area contributed by atoms with E-state index in [-0.39, 0.29) is 5.91 Å². The lowest BCUT2D eigenvalue weighted by molar-refractivity contribution is 0.0526. The van der Waals surface area contributed by atoms with Crippen LogP contribution in [0.15, 0.2) is 73.1 Å². The van der Waals surface area contributed by atoms with Gasteiger partial charge in [-0.3, -0.25) is 4.79 Å². The van der Waals surface area contributed by atoms with Gasteiger partial charge in [-0.1, -0.05) is 12.1 Å². The maximum atomic E-state index is 12.6. The molecule has 0 spiro atoms. The van der Waals surface area contributed by atoms with E-state index in [4.69, 9.17) is 9.47 Å². The third-order valence-corrected chi connectivity index (χ3v) is 4.86. The Kier molecular flexibility index (Phi) is 6.17. The maximum Gasteiger partial charge on any atom is 0.338 e. The molecule has 0 aliphatic heterocycles. The number of carbonyl (C=O) groups is 2. The molecule has 0 saturated heterocycles. The third kappa shape index (κ3) is 4.78. The molecule has 0 radical (unpaired) electrons. The Balaban J connectivity index is 1.40. The molecule has 4 rings (SSSR count). The number of amides is 1. The number of esters is 1. The molecular formula is C25H23N3O4. The molecule has 162 valence electrons. The van der Waals surface area contributed by atoms with E-state index in [9.17, 15) is 9.59 Å². The van der Waals surface area contributed by atoms with Crippen LogP contribution in [0.3, 0.4) is 0 Å². The molecule has 1 amide bonds. The summed E-state index contributed by atoms with van der Waals surface area (Å²) in [7, 11) is 0. The van der Waals surface area contributed by atoms with Crippen LogP contribution in [0.1, 0.15) is 38.9 Å². The van der Waals surface area contributed by atoms with Gasteiger partial charge in [-0.15, -0.1) is 0 Å². The Morgan fingerprint density at radius 1 is 1.03 bits per heavy atom. The summed E-state index contributed by atoms with van der Waals surface area (Å²) in [6, 6.07) is 17.5. The lowest BCUT2D eigenvalue weighted by atomic mass is 10.1. The van der Waals surface area contributed by atoms with Gasteiger partial charge in [0.1, 0.15) is 18.0 Å². The van der Waals surface area contributed by atoms with E-state index in [0.717, 1.165) is 16.9 Å². The molecule has 0 aliphatic rings. The zero-order valence-electron chi connectivity index (χ0n) is 17.9. The minimum atomic E-state index is -0.393. The van der Waals surface area contributed by atoms with Crippen molar-refractivity contribution in [3.05, 3.63) is 95.4 Å². The molecule has 0 aliphatic carbocycles. The smallest absolute Gasteiger partial charge is 0.338 e. The summed E-state index contributed by atoms with van der Waals surface area (Å²) >= 11 is 0. The summed E-state index contributed by atoms with van der Waals surface area (Å²) in [6.07, 6.45) is 3.88. The Morgan fingerprint density at radius 3 is 2.59 bits per heavy atom. The van der Waals surface area contributed by atoms with Gasteiger partial charge in [-0.05, 0) is 67.9 Å². The zero-order valence-corrected chi connectivity index (χ0v) is 17.9. The first-order valence-electron chi connectivity index (χ1n) is 10.3. The van der Waals surface area contributed by atoms with Gasteiger partial charge in [0, 0.05) is 23.6 Å². The number of nitrogens with zero attached hydrogens (tertiary/aromatic N) is 2. The summed E-state index contributed by atoms with van der Waals surface area (Å²) in [4.78, 5) is 29.0. The average molecular weight is 429 g/mol. The van der Waals surface area contributed by atoms with Crippen molar-refractivity contribution in [2.45, 2.75) is 20.5 Å². The van der Waals surface area contributed by atoms with E-state index < -0.39 is 5.97 Å². The molecule has 7 nitrogen and oxygen atoms in total. The minimum Gasteiger partial charge on any atom is -0.487 e. The predicted octanol–water partition coefficient (Wildman–Crippen LogP) is 4.65. The highest BCUT2D eigenvalue weighted by atomic mass is 16.5. The molecule has 7 heteroatoms. The van der Waals surface area contributed by atoms with E-state index in [1.54, 1.807) is 55.5 Å². The van der Waals surface area contributed by atoms with Crippen LogP contribution in [0.25, 0.3) is 5.65 Å². The van der Waals surface area contributed by atoms with Crippen molar-refractivity contribution in [2.24, 2.45) is 0 Å². The van der Waals surface area contributed by atoms with Crippen LogP contribution in [0.2, 0.25) is 0 Å². The van der Waals surface area contributed by atoms with Crippen LogP contribution in [0.5, 0.6) is 5.75 Å². The number of imidazole rings is 1. The zero-order chi connectivity index (χ0) is 22.5. The minimum absolute atomic E-state index is 0.275. The van der Waals surface area contributed by atoms with Gasteiger partial charge >= 0.3 is 5.97 Å². The molecule has 0 atom stereocenters. The molecule has 4 aromatic rings. The third-order valence-electron chi connectivity index (χ3n) is 4.86. The number of hydrogen-bond acceptors (Lipinski definition) is 5. The van der Waals surface area contributed by atoms with Crippen LogP contribution in [0.4, 0.5) is 5.69 Å². The summed E-state index contributed by atoms with van der Waals surface area (Å²) < 4.78 is 12.8. The first-order chi connectivity index (χ1) is 15.5. The van der Waals surface area contributed by atoms with Crippen molar-refractivity contribution >= 4 is 23.2 Å². The first-order valence-corrected chi connectivity index (χ1v) is 10.3. The molecule has 0 saturated carbocycles. The van der Waals surface area contributed by atoms with E-state index in [0.29, 0.717) is 35.8 Å². The number of anilines is 1. The van der Waals surface area contributed by atoms with Crippen molar-refractivity contribution in [3.63, 3.8) is 0 Å². The normalized spacial score (nSPS) is 10.7. The number of fused-ring (bicyclic) bond motifs is 1. The Morgan fingerprint density at radius 2 is 1.84 bits per heavy atom. The highest BCUT2D eigenvalue weighted by Crippen LogP contribution is 2.18. The first kappa shape index (κ1) is 21.1. The molecule has 0 fully saturated rings. The van der Waals surface area contributed by atoms with Gasteiger partial charge in [0.25, 0.3) is 5.91 Å². The molecule has 2 heterocycles. The lowest BCUT2D eigenvalue weighted by Gasteiger charge is -2.09. The fourth-order valence-corrected chi connectivity index (χ4v) is 3.27. The number of aryl methyl sites for hydroxylation is 1. The predicted molar refractivity (Wildman–Crippen MR) is 121 cm³/mol. The second kappa shape index (κ2) is 9.34. The van der Waals surface area contributed by atoms with E-state index >= 15 is 0 Å². The topological polar surface area (TPSA) is 81.9 Å². The fourth-order valence-electron chi connectivity index (χ4n) is 3.27. The van der Waals surface area contributed by atoms with Crippen molar-refractivity contribution < 1.29 is 19.1 Å². The highest BCUT2D eigenvalue weighted by molar-refractivity contribution is 6.04. The second-order valence-corrected chi connectivity index (χ2v) is 7.22. The van der Waals surface area contributed by atoms with Crippen LogP contribution >= 0.6 is 0 Å². The molecular weight excluding hydrogens is 406 g/mol. The summed E-state index contributed by atoms with van der Waals surface area (Å²) in [5.41, 5.74) is 4.26. The van der Waals surface area contributed by atoms with Crippen LogP contribution in [-0.2, 0) is 11.3 Å². The highest BCUT2D eigenvalue weighted by Gasteiger charge is 2.10. The van der Waals surface area contributed by atoms with Crippen molar-refractivity contribution in [1.29, 1.82) is 0 Å². The SMILES string of the molecule is CCOC(=O)c1ccc(NC(=O)c2cccc(OCc3cn4cccc(C)c4n3)c2)cc1. The number of ether oxygens (including phenoxy) is 2. The molecule has 2 aromatic heterocycles. The van der Waals surface area contributed by atoms with E-state index in [1.807, 2.05) is 35.9 Å². The van der Waals surface area contributed by atoms with Gasteiger partial charge in [-0.2, -0.15) is 0 Å². The second-order valence-electron chi connectivity index (χ2n) is 7.22. The van der Waals surface area contributed by atoms with Gasteiger partial charge < -0.3 is 19.2 Å². The fraction of sp³-hybridized carbons (Fsp3) is 0.160. The number of nitrogens with one attached hydrogen (secondary N) is 1. The number of aromatic nitrogens is 2. The van der Waals surface area contributed by atoms with Crippen LogP contribution in [0, 0.1) is 6.92 Å². The largest absolute Gasteiger partial charge is 0.487 e. The van der Waals surface area contributed by atoms with Crippen LogP contribution in [-0.4, -0.2) is 27.9 Å². The average Bonchev–Trinajstić information content (AvgIpc) is 3.23. The van der Waals surface area contributed by atoms with Crippen molar-refractivity contribution in [1.82, 2.24) is 9.38 Å². The lowest BCUT2D eigenvalue weighted by Crippen LogP contribution is -2.12. The Hall–Kier alpha value is -4.13. The standard InChI is InChI=1S/C25H23N3O4/c1-3-31-25(30)18-9-11-20(12-10-18)27-24(29)19-7-4-8-22(14-19)32-16-21-15-28-13-5-6-17(2)23(28)26-21/h4-15H,3,16H2,1-2H3,(H,27,29). The van der Waals surface area contributed by atoms with E-state index in [1.165, 1.54) is 0 Å². The Labute approximate surface area is 185 Å². The molecule has 2 aromatic carbocycles. The number of carbonyl (C=O) groups excluding carboxylic acids is 2. The number of rotatable bonds is 7. The quantitative estimate of drug-likeness (QED) is 0.433. The molecule has 32 heavy (non-hydrogen) atoms. The van der Waals surface area contributed by atoms with Crippen molar-refractivity contribution in [3.8, 4) is 5.75 Å². The van der Waals surface area contributed by atoms with E-state index in [2.05, 4.69) is 10.3 Å².